The van der Waals surface area contributed by atoms with Crippen molar-refractivity contribution in [3.63, 3.8) is 0 Å². The first-order chi connectivity index (χ1) is 9.95. The summed E-state index contributed by atoms with van der Waals surface area (Å²) >= 11 is 8.61. The maximum Gasteiger partial charge on any atom is 0.257 e. The fourth-order valence-corrected chi connectivity index (χ4v) is 2.30. The van der Waals surface area contributed by atoms with Crippen LogP contribution in [0.25, 0.3) is 0 Å². The van der Waals surface area contributed by atoms with Gasteiger partial charge in [-0.25, -0.2) is 0 Å². The van der Waals surface area contributed by atoms with E-state index >= 15 is 0 Å². The number of halogens is 1. The third-order valence-electron chi connectivity index (χ3n) is 2.92. The van der Waals surface area contributed by atoms with E-state index in [0.29, 0.717) is 5.56 Å². The Kier molecular flexibility index (Phi) is 5.09. The minimum atomic E-state index is -0.218. The van der Waals surface area contributed by atoms with Crippen molar-refractivity contribution in [2.24, 2.45) is 0 Å². The third kappa shape index (κ3) is 4.37. The Morgan fingerprint density at radius 3 is 2.57 bits per heavy atom. The number of carbonyl (C=O) groups is 1. The molecule has 1 amide bonds. The van der Waals surface area contributed by atoms with Crippen LogP contribution in [0.4, 0.5) is 5.69 Å². The second kappa shape index (κ2) is 6.83. The zero-order valence-corrected chi connectivity index (χ0v) is 14.1. The van der Waals surface area contributed by atoms with Crippen molar-refractivity contribution >= 4 is 44.9 Å². The van der Waals surface area contributed by atoms with Crippen LogP contribution in [0, 0.1) is 13.8 Å². The van der Waals surface area contributed by atoms with Gasteiger partial charge in [0.05, 0.1) is 0 Å². The van der Waals surface area contributed by atoms with E-state index in [1.165, 1.54) is 0 Å². The van der Waals surface area contributed by atoms with Gasteiger partial charge in [0.2, 0.25) is 0 Å². The molecule has 0 radical (unpaired) electrons. The Balaban J connectivity index is 2.01. The lowest BCUT2D eigenvalue weighted by molar-refractivity contribution is 0.0977. The number of amides is 1. The molecule has 0 saturated carbocycles. The molecule has 0 aliphatic carbocycles. The van der Waals surface area contributed by atoms with E-state index in [2.05, 4.69) is 26.6 Å². The van der Waals surface area contributed by atoms with Crippen LogP contribution in [0.2, 0.25) is 0 Å². The number of hydrogen-bond acceptors (Lipinski definition) is 2. The van der Waals surface area contributed by atoms with Crippen molar-refractivity contribution in [1.82, 2.24) is 5.32 Å². The average Bonchev–Trinajstić information content (AvgIpc) is 2.43. The minimum absolute atomic E-state index is 0.218. The molecule has 2 aromatic carbocycles. The molecule has 2 rings (SSSR count). The van der Waals surface area contributed by atoms with Crippen LogP contribution in [-0.4, -0.2) is 11.0 Å². The molecule has 108 valence electrons. The van der Waals surface area contributed by atoms with Crippen molar-refractivity contribution in [1.29, 1.82) is 0 Å². The van der Waals surface area contributed by atoms with Gasteiger partial charge in [-0.15, -0.1) is 0 Å². The van der Waals surface area contributed by atoms with Gasteiger partial charge >= 0.3 is 0 Å². The predicted molar refractivity (Wildman–Crippen MR) is 93.7 cm³/mol. The molecule has 0 aliphatic rings. The molecule has 0 spiro atoms. The zero-order chi connectivity index (χ0) is 15.4. The second-order valence-corrected chi connectivity index (χ2v) is 6.00. The van der Waals surface area contributed by atoms with Gasteiger partial charge in [-0.05, 0) is 62.0 Å². The van der Waals surface area contributed by atoms with Crippen LogP contribution in [0.3, 0.4) is 0 Å². The van der Waals surface area contributed by atoms with E-state index in [4.69, 9.17) is 12.2 Å². The molecule has 0 heterocycles. The zero-order valence-electron chi connectivity index (χ0n) is 11.7. The SMILES string of the molecule is Cc1cccc(C(=O)NC(=S)Nc2ccc(Br)c(C)c2)c1. The molecule has 0 bridgehead atoms. The van der Waals surface area contributed by atoms with Gasteiger partial charge in [0, 0.05) is 15.7 Å². The maximum atomic E-state index is 12.1. The van der Waals surface area contributed by atoms with Crippen molar-refractivity contribution in [3.8, 4) is 0 Å². The van der Waals surface area contributed by atoms with Crippen molar-refractivity contribution in [2.45, 2.75) is 13.8 Å². The van der Waals surface area contributed by atoms with Gasteiger partial charge in [0.25, 0.3) is 5.91 Å². The number of aryl methyl sites for hydroxylation is 2. The van der Waals surface area contributed by atoms with Crippen LogP contribution < -0.4 is 10.6 Å². The third-order valence-corrected chi connectivity index (χ3v) is 4.02. The second-order valence-electron chi connectivity index (χ2n) is 4.74. The van der Waals surface area contributed by atoms with Gasteiger partial charge in [-0.3, -0.25) is 10.1 Å². The Labute approximate surface area is 137 Å². The minimum Gasteiger partial charge on any atom is -0.332 e. The molecule has 0 atom stereocenters. The van der Waals surface area contributed by atoms with Crippen LogP contribution >= 0.6 is 28.1 Å². The molecule has 0 aliphatic heterocycles. The highest BCUT2D eigenvalue weighted by Gasteiger charge is 2.08. The summed E-state index contributed by atoms with van der Waals surface area (Å²) in [4.78, 5) is 12.1. The van der Waals surface area contributed by atoms with Gasteiger partial charge in [-0.1, -0.05) is 33.6 Å². The fourth-order valence-electron chi connectivity index (χ4n) is 1.85. The lowest BCUT2D eigenvalue weighted by atomic mass is 10.1. The number of hydrogen-bond donors (Lipinski definition) is 2. The van der Waals surface area contributed by atoms with Crippen LogP contribution in [0.1, 0.15) is 21.5 Å². The number of anilines is 1. The summed E-state index contributed by atoms with van der Waals surface area (Å²) in [5, 5.41) is 5.96. The Morgan fingerprint density at radius 2 is 1.90 bits per heavy atom. The molecule has 0 fully saturated rings. The number of rotatable bonds is 2. The van der Waals surface area contributed by atoms with E-state index in [1.807, 2.05) is 50.2 Å². The predicted octanol–water partition coefficient (Wildman–Crippen LogP) is 4.19. The van der Waals surface area contributed by atoms with Gasteiger partial charge in [0.15, 0.2) is 5.11 Å². The lowest BCUT2D eigenvalue weighted by Crippen LogP contribution is -2.34. The molecular weight excluding hydrogens is 348 g/mol. The summed E-state index contributed by atoms with van der Waals surface area (Å²) in [5.41, 5.74) is 3.55. The summed E-state index contributed by atoms with van der Waals surface area (Å²) in [6.07, 6.45) is 0. The summed E-state index contributed by atoms with van der Waals surface area (Å²) in [5.74, 6) is -0.218. The molecule has 0 saturated heterocycles. The van der Waals surface area contributed by atoms with Crippen molar-refractivity contribution in [3.05, 3.63) is 63.6 Å². The first-order valence-electron chi connectivity index (χ1n) is 6.41. The normalized spacial score (nSPS) is 10.0. The largest absolute Gasteiger partial charge is 0.332 e. The van der Waals surface area contributed by atoms with Crippen molar-refractivity contribution in [2.75, 3.05) is 5.32 Å². The molecule has 21 heavy (non-hydrogen) atoms. The standard InChI is InChI=1S/C16H15BrN2OS/c1-10-4-3-5-12(8-10)15(20)19-16(21)18-13-6-7-14(17)11(2)9-13/h3-9H,1-2H3,(H2,18,19,20,21). The maximum absolute atomic E-state index is 12.1. The quantitative estimate of drug-likeness (QED) is 0.786. The van der Waals surface area contributed by atoms with Gasteiger partial charge in [-0.2, -0.15) is 0 Å². The van der Waals surface area contributed by atoms with Crippen LogP contribution in [0.15, 0.2) is 46.9 Å². The summed E-state index contributed by atoms with van der Waals surface area (Å²) in [6.45, 7) is 3.93. The highest BCUT2D eigenvalue weighted by atomic mass is 79.9. The highest BCUT2D eigenvalue weighted by Crippen LogP contribution is 2.19. The molecule has 2 aromatic rings. The van der Waals surface area contributed by atoms with Crippen molar-refractivity contribution < 1.29 is 4.79 Å². The Morgan fingerprint density at radius 1 is 1.14 bits per heavy atom. The van der Waals surface area contributed by atoms with E-state index in [-0.39, 0.29) is 11.0 Å². The van der Waals surface area contributed by atoms with Gasteiger partial charge in [0.1, 0.15) is 0 Å². The van der Waals surface area contributed by atoms with Crippen LogP contribution in [-0.2, 0) is 0 Å². The first-order valence-corrected chi connectivity index (χ1v) is 7.61. The smallest absolute Gasteiger partial charge is 0.257 e. The monoisotopic (exact) mass is 362 g/mol. The summed E-state index contributed by atoms with van der Waals surface area (Å²) < 4.78 is 1.03. The average molecular weight is 363 g/mol. The molecule has 0 unspecified atom stereocenters. The summed E-state index contributed by atoms with van der Waals surface area (Å²) in [7, 11) is 0. The first kappa shape index (κ1) is 15.7. The molecule has 5 heteroatoms. The Bertz CT molecular complexity index is 700. The Hall–Kier alpha value is -1.72. The number of thiocarbonyl (C=S) groups is 1. The fraction of sp³-hybridized carbons (Fsp3) is 0.125. The number of nitrogens with one attached hydrogen (secondary N) is 2. The van der Waals surface area contributed by atoms with E-state index < -0.39 is 0 Å². The summed E-state index contributed by atoms with van der Waals surface area (Å²) in [6, 6.07) is 13.1. The molecule has 2 N–H and O–H groups in total. The number of carbonyl (C=O) groups excluding carboxylic acids is 1. The van der Waals surface area contributed by atoms with Crippen LogP contribution in [0.5, 0.6) is 0 Å². The molecule has 0 aromatic heterocycles. The van der Waals surface area contributed by atoms with Gasteiger partial charge < -0.3 is 5.32 Å². The molecule has 3 nitrogen and oxygen atoms in total. The van der Waals surface area contributed by atoms with E-state index in [9.17, 15) is 4.79 Å². The van der Waals surface area contributed by atoms with E-state index in [0.717, 1.165) is 21.3 Å². The highest BCUT2D eigenvalue weighted by molar-refractivity contribution is 9.10. The number of benzene rings is 2. The molecular formula is C16H15BrN2OS. The topological polar surface area (TPSA) is 41.1 Å². The lowest BCUT2D eigenvalue weighted by Gasteiger charge is -2.11. The van der Waals surface area contributed by atoms with E-state index in [1.54, 1.807) is 6.07 Å².